The number of nitrogens with zero attached hydrogens (tertiary/aromatic N) is 2. The van der Waals surface area contributed by atoms with Gasteiger partial charge in [-0.3, -0.25) is 4.79 Å². The van der Waals surface area contributed by atoms with E-state index in [-0.39, 0.29) is 5.56 Å². The smallest absolute Gasteiger partial charge is 0.281 e. The van der Waals surface area contributed by atoms with Crippen molar-refractivity contribution in [2.45, 2.75) is 6.54 Å². The van der Waals surface area contributed by atoms with Gasteiger partial charge in [0, 0.05) is 10.0 Å². The Kier molecular flexibility index (Phi) is 3.80. The van der Waals surface area contributed by atoms with Crippen LogP contribution in [0.15, 0.2) is 82.1 Å². The van der Waals surface area contributed by atoms with Gasteiger partial charge in [-0.1, -0.05) is 64.5 Å². The summed E-state index contributed by atoms with van der Waals surface area (Å²) in [6.07, 6.45) is 2.11. The number of fused-ring (bicyclic) bond motifs is 4. The monoisotopic (exact) mass is 414 g/mol. The zero-order valence-electron chi connectivity index (χ0n) is 14.4. The lowest BCUT2D eigenvalue weighted by molar-refractivity contribution is 0.763. The van der Waals surface area contributed by atoms with Crippen LogP contribution in [-0.4, -0.2) is 9.55 Å². The van der Waals surface area contributed by atoms with E-state index >= 15 is 0 Å². The van der Waals surface area contributed by atoms with Crippen LogP contribution in [-0.2, 0) is 6.54 Å². The highest BCUT2D eigenvalue weighted by molar-refractivity contribution is 9.10. The first-order chi connectivity index (χ1) is 13.2. The van der Waals surface area contributed by atoms with E-state index in [9.17, 15) is 4.79 Å². The summed E-state index contributed by atoms with van der Waals surface area (Å²) in [5.74, 6) is 0.723. The zero-order chi connectivity index (χ0) is 18.4. The molecule has 1 aromatic heterocycles. The molecule has 0 saturated heterocycles. The van der Waals surface area contributed by atoms with Gasteiger partial charge in [0.1, 0.15) is 5.82 Å². The molecule has 2 heterocycles. The molecule has 0 amide bonds. The summed E-state index contributed by atoms with van der Waals surface area (Å²) < 4.78 is 3.18. The van der Waals surface area contributed by atoms with Crippen molar-refractivity contribution in [3.05, 3.63) is 110 Å². The fraction of sp³-hybridized carbons (Fsp3) is 0.0435. The normalized spacial score (nSPS) is 14.2. The Morgan fingerprint density at radius 2 is 1.67 bits per heavy atom. The maximum atomic E-state index is 12.6. The standard InChI is InChI=1S/C23H15BrN2O/c24-17-11-9-15(10-12-17)13-20-18-6-2-1-5-16(18)14-26-21-8-4-3-7-19(21)23(27)25-22(20)26/h1-13H,14H2/b20-13+. The van der Waals surface area contributed by atoms with Gasteiger partial charge in [-0.2, -0.15) is 4.98 Å². The highest BCUT2D eigenvalue weighted by Crippen LogP contribution is 2.33. The fourth-order valence-corrected chi connectivity index (χ4v) is 3.93. The highest BCUT2D eigenvalue weighted by atomic mass is 79.9. The van der Waals surface area contributed by atoms with Crippen LogP contribution in [0.3, 0.4) is 0 Å². The van der Waals surface area contributed by atoms with Crippen molar-refractivity contribution in [3.8, 4) is 0 Å². The van der Waals surface area contributed by atoms with Crippen LogP contribution in [0.1, 0.15) is 22.5 Å². The summed E-state index contributed by atoms with van der Waals surface area (Å²) in [5.41, 5.74) is 5.13. The molecule has 5 rings (SSSR count). The lowest BCUT2D eigenvalue weighted by atomic mass is 9.93. The zero-order valence-corrected chi connectivity index (χ0v) is 16.0. The quantitative estimate of drug-likeness (QED) is 0.382. The van der Waals surface area contributed by atoms with Crippen LogP contribution in [0.5, 0.6) is 0 Å². The third-order valence-corrected chi connectivity index (χ3v) is 5.47. The van der Waals surface area contributed by atoms with Gasteiger partial charge >= 0.3 is 0 Å². The molecule has 1 aliphatic heterocycles. The van der Waals surface area contributed by atoms with E-state index in [1.165, 1.54) is 5.56 Å². The molecule has 130 valence electrons. The van der Waals surface area contributed by atoms with Crippen LogP contribution >= 0.6 is 15.9 Å². The first-order valence-electron chi connectivity index (χ1n) is 8.76. The van der Waals surface area contributed by atoms with Gasteiger partial charge in [-0.05, 0) is 47.0 Å². The predicted molar refractivity (Wildman–Crippen MR) is 113 cm³/mol. The minimum Gasteiger partial charge on any atom is -0.320 e. The number of para-hydroxylation sites is 1. The van der Waals surface area contributed by atoms with E-state index in [0.29, 0.717) is 11.9 Å². The van der Waals surface area contributed by atoms with Crippen LogP contribution in [0.4, 0.5) is 0 Å². The summed E-state index contributed by atoms with van der Waals surface area (Å²) in [5, 5.41) is 0.656. The minimum absolute atomic E-state index is 0.182. The van der Waals surface area contributed by atoms with E-state index < -0.39 is 0 Å². The number of hydrogen-bond donors (Lipinski definition) is 0. The Morgan fingerprint density at radius 3 is 2.52 bits per heavy atom. The highest BCUT2D eigenvalue weighted by Gasteiger charge is 2.23. The van der Waals surface area contributed by atoms with Gasteiger partial charge in [0.15, 0.2) is 0 Å². The van der Waals surface area contributed by atoms with Crippen LogP contribution in [0.2, 0.25) is 0 Å². The molecule has 0 saturated carbocycles. The summed E-state index contributed by atoms with van der Waals surface area (Å²) in [4.78, 5) is 17.1. The molecule has 3 aromatic carbocycles. The first kappa shape index (κ1) is 16.2. The van der Waals surface area contributed by atoms with Gasteiger partial charge in [0.05, 0.1) is 17.4 Å². The third kappa shape index (κ3) is 2.73. The lowest BCUT2D eigenvalue weighted by Crippen LogP contribution is -2.23. The van der Waals surface area contributed by atoms with Crippen molar-refractivity contribution in [1.82, 2.24) is 9.55 Å². The van der Waals surface area contributed by atoms with Crippen LogP contribution in [0, 0.1) is 0 Å². The van der Waals surface area contributed by atoms with Crippen molar-refractivity contribution < 1.29 is 0 Å². The molecule has 0 bridgehead atoms. The molecular formula is C23H15BrN2O. The average molecular weight is 415 g/mol. The molecule has 4 aromatic rings. The summed E-state index contributed by atoms with van der Waals surface area (Å²) in [7, 11) is 0. The molecule has 0 fully saturated rings. The fourth-order valence-electron chi connectivity index (χ4n) is 3.67. The van der Waals surface area contributed by atoms with Crippen molar-refractivity contribution >= 4 is 38.5 Å². The minimum atomic E-state index is -0.182. The van der Waals surface area contributed by atoms with Crippen LogP contribution < -0.4 is 5.56 Å². The maximum absolute atomic E-state index is 12.6. The average Bonchev–Trinajstić information content (AvgIpc) is 2.70. The molecule has 0 N–H and O–H groups in total. The van der Waals surface area contributed by atoms with Gasteiger partial charge < -0.3 is 4.57 Å². The SMILES string of the molecule is O=c1nc2n(c3ccccc13)Cc1ccccc1/C2=C\c1ccc(Br)cc1. The topological polar surface area (TPSA) is 34.9 Å². The van der Waals surface area contributed by atoms with E-state index in [1.54, 1.807) is 0 Å². The number of rotatable bonds is 1. The largest absolute Gasteiger partial charge is 0.320 e. The van der Waals surface area contributed by atoms with E-state index in [1.807, 2.05) is 42.5 Å². The summed E-state index contributed by atoms with van der Waals surface area (Å²) in [6.45, 7) is 0.705. The summed E-state index contributed by atoms with van der Waals surface area (Å²) >= 11 is 3.48. The van der Waals surface area contributed by atoms with E-state index in [4.69, 9.17) is 0 Å². The number of benzene rings is 3. The van der Waals surface area contributed by atoms with Crippen molar-refractivity contribution in [2.75, 3.05) is 0 Å². The molecule has 1 aliphatic rings. The number of hydrogen-bond acceptors (Lipinski definition) is 2. The van der Waals surface area contributed by atoms with Crippen molar-refractivity contribution in [3.63, 3.8) is 0 Å². The van der Waals surface area contributed by atoms with E-state index in [0.717, 1.165) is 32.5 Å². The van der Waals surface area contributed by atoms with Gasteiger partial charge in [0.2, 0.25) is 0 Å². The molecule has 0 aliphatic carbocycles. The van der Waals surface area contributed by atoms with E-state index in [2.05, 4.69) is 61.9 Å². The Hall–Kier alpha value is -2.98. The second-order valence-corrected chi connectivity index (χ2v) is 7.53. The van der Waals surface area contributed by atoms with Gasteiger partial charge in [-0.25, -0.2) is 0 Å². The summed E-state index contributed by atoms with van der Waals surface area (Å²) in [6, 6.07) is 24.2. The van der Waals surface area contributed by atoms with Gasteiger partial charge in [-0.15, -0.1) is 0 Å². The van der Waals surface area contributed by atoms with Crippen molar-refractivity contribution in [2.24, 2.45) is 0 Å². The molecule has 27 heavy (non-hydrogen) atoms. The second kappa shape index (κ2) is 6.32. The Labute approximate surface area is 164 Å². The molecule has 0 radical (unpaired) electrons. The van der Waals surface area contributed by atoms with Crippen molar-refractivity contribution in [1.29, 1.82) is 0 Å². The predicted octanol–water partition coefficient (Wildman–Crippen LogP) is 5.11. The Bertz CT molecular complexity index is 1270. The second-order valence-electron chi connectivity index (χ2n) is 6.61. The first-order valence-corrected chi connectivity index (χ1v) is 9.55. The van der Waals surface area contributed by atoms with Gasteiger partial charge in [0.25, 0.3) is 5.56 Å². The molecule has 4 heteroatoms. The molecule has 0 atom stereocenters. The lowest BCUT2D eigenvalue weighted by Gasteiger charge is -2.25. The Balaban J connectivity index is 1.84. The maximum Gasteiger partial charge on any atom is 0.281 e. The molecule has 0 unspecified atom stereocenters. The third-order valence-electron chi connectivity index (χ3n) is 4.95. The molecule has 0 spiro atoms. The number of halogens is 1. The molecular weight excluding hydrogens is 400 g/mol. The Morgan fingerprint density at radius 1 is 0.926 bits per heavy atom. The molecule has 3 nitrogen and oxygen atoms in total. The van der Waals surface area contributed by atoms with Crippen LogP contribution in [0.25, 0.3) is 22.6 Å². The number of aromatic nitrogens is 2.